The molecule has 2 N–H and O–H groups in total. The van der Waals surface area contributed by atoms with Crippen LogP contribution in [0.3, 0.4) is 0 Å². The van der Waals surface area contributed by atoms with Crippen LogP contribution in [0.25, 0.3) is 0 Å². The summed E-state index contributed by atoms with van der Waals surface area (Å²) in [5.41, 5.74) is 6.68. The van der Waals surface area contributed by atoms with Crippen molar-refractivity contribution in [2.75, 3.05) is 7.11 Å². The molecule has 104 valence electrons. The van der Waals surface area contributed by atoms with Gasteiger partial charge in [0.2, 0.25) is 0 Å². The van der Waals surface area contributed by atoms with Crippen molar-refractivity contribution in [3.05, 3.63) is 53.3 Å². The third-order valence-corrected chi connectivity index (χ3v) is 3.05. The van der Waals surface area contributed by atoms with Gasteiger partial charge in [-0.2, -0.15) is 0 Å². The van der Waals surface area contributed by atoms with Gasteiger partial charge in [-0.25, -0.2) is 4.39 Å². The number of halogens is 1. The molecule has 0 aliphatic rings. The molecule has 0 fully saturated rings. The SMILES string of the molecule is COc1ccc(C(N)=S)c(Oc2cccc(C)c2F)c1. The Morgan fingerprint density at radius 1 is 1.20 bits per heavy atom. The lowest BCUT2D eigenvalue weighted by molar-refractivity contribution is 0.404. The molecule has 5 heteroatoms. The predicted octanol–water partition coefficient (Wildman–Crippen LogP) is 3.57. The minimum atomic E-state index is -0.413. The van der Waals surface area contributed by atoms with Crippen molar-refractivity contribution in [2.24, 2.45) is 5.73 Å². The van der Waals surface area contributed by atoms with Gasteiger partial charge in [0, 0.05) is 6.07 Å². The molecule has 0 unspecified atom stereocenters. The van der Waals surface area contributed by atoms with Gasteiger partial charge in [-0.3, -0.25) is 0 Å². The normalized spacial score (nSPS) is 10.2. The molecule has 0 spiro atoms. The maximum atomic E-state index is 14.0. The highest BCUT2D eigenvalue weighted by Gasteiger charge is 2.12. The van der Waals surface area contributed by atoms with E-state index in [0.717, 1.165) is 0 Å². The molecule has 0 amide bonds. The van der Waals surface area contributed by atoms with Crippen LogP contribution in [0.4, 0.5) is 4.39 Å². The minimum Gasteiger partial charge on any atom is -0.497 e. The van der Waals surface area contributed by atoms with E-state index in [1.165, 1.54) is 7.11 Å². The second-order valence-corrected chi connectivity index (χ2v) is 4.66. The molecule has 0 heterocycles. The van der Waals surface area contributed by atoms with Crippen LogP contribution in [0.1, 0.15) is 11.1 Å². The van der Waals surface area contributed by atoms with Crippen LogP contribution in [-0.4, -0.2) is 12.1 Å². The largest absolute Gasteiger partial charge is 0.497 e. The van der Waals surface area contributed by atoms with E-state index in [2.05, 4.69) is 0 Å². The summed E-state index contributed by atoms with van der Waals surface area (Å²) in [5.74, 6) is 0.648. The average Bonchev–Trinajstić information content (AvgIpc) is 2.43. The first-order valence-corrected chi connectivity index (χ1v) is 6.34. The summed E-state index contributed by atoms with van der Waals surface area (Å²) in [6, 6.07) is 9.95. The molecule has 3 nitrogen and oxygen atoms in total. The Hall–Kier alpha value is -2.14. The van der Waals surface area contributed by atoms with Crippen molar-refractivity contribution in [1.82, 2.24) is 0 Å². The van der Waals surface area contributed by atoms with E-state index in [-0.39, 0.29) is 10.7 Å². The van der Waals surface area contributed by atoms with Gasteiger partial charge in [0.1, 0.15) is 16.5 Å². The second kappa shape index (κ2) is 5.88. The lowest BCUT2D eigenvalue weighted by atomic mass is 10.2. The molecule has 0 aliphatic carbocycles. The number of methoxy groups -OCH3 is 1. The molecule has 20 heavy (non-hydrogen) atoms. The number of rotatable bonds is 4. The van der Waals surface area contributed by atoms with Crippen LogP contribution in [0.2, 0.25) is 0 Å². The number of thiocarbonyl (C=S) groups is 1. The quantitative estimate of drug-likeness (QED) is 0.875. The second-order valence-electron chi connectivity index (χ2n) is 4.22. The summed E-state index contributed by atoms with van der Waals surface area (Å²) in [4.78, 5) is 0.177. The predicted molar refractivity (Wildman–Crippen MR) is 80.1 cm³/mol. The minimum absolute atomic E-state index is 0.121. The Morgan fingerprint density at radius 2 is 1.95 bits per heavy atom. The van der Waals surface area contributed by atoms with Crippen molar-refractivity contribution in [3.8, 4) is 17.2 Å². The molecular weight excluding hydrogens is 277 g/mol. The highest BCUT2D eigenvalue weighted by atomic mass is 32.1. The number of benzene rings is 2. The van der Waals surface area contributed by atoms with E-state index < -0.39 is 5.82 Å². The zero-order valence-corrected chi connectivity index (χ0v) is 12.0. The number of aryl methyl sites for hydroxylation is 1. The molecule has 2 aromatic carbocycles. The van der Waals surface area contributed by atoms with Crippen LogP contribution < -0.4 is 15.2 Å². The van der Waals surface area contributed by atoms with Gasteiger partial charge in [0.15, 0.2) is 11.6 Å². The number of hydrogen-bond donors (Lipinski definition) is 1. The van der Waals surface area contributed by atoms with Gasteiger partial charge in [-0.15, -0.1) is 0 Å². The van der Waals surface area contributed by atoms with E-state index in [1.807, 2.05) is 0 Å². The molecule has 0 aromatic heterocycles. The van der Waals surface area contributed by atoms with Crippen molar-refractivity contribution in [2.45, 2.75) is 6.92 Å². The smallest absolute Gasteiger partial charge is 0.168 e. The molecule has 0 radical (unpaired) electrons. The summed E-state index contributed by atoms with van der Waals surface area (Å²) in [6.45, 7) is 1.67. The topological polar surface area (TPSA) is 44.5 Å². The van der Waals surface area contributed by atoms with Crippen LogP contribution in [0.5, 0.6) is 17.2 Å². The third-order valence-electron chi connectivity index (χ3n) is 2.83. The molecule has 0 bridgehead atoms. The lowest BCUT2D eigenvalue weighted by Crippen LogP contribution is -2.11. The van der Waals surface area contributed by atoms with Gasteiger partial charge in [-0.1, -0.05) is 24.4 Å². The van der Waals surface area contributed by atoms with E-state index in [9.17, 15) is 4.39 Å². The Balaban J connectivity index is 2.46. The maximum absolute atomic E-state index is 14.0. The van der Waals surface area contributed by atoms with E-state index >= 15 is 0 Å². The third kappa shape index (κ3) is 2.88. The Kier molecular flexibility index (Phi) is 4.20. The Labute approximate surface area is 122 Å². The molecule has 0 saturated carbocycles. The van der Waals surface area contributed by atoms with Crippen molar-refractivity contribution >= 4 is 17.2 Å². The molecule has 2 aromatic rings. The molecule has 0 atom stereocenters. The first-order chi connectivity index (χ1) is 9.52. The fourth-order valence-electron chi connectivity index (χ4n) is 1.74. The van der Waals surface area contributed by atoms with E-state index in [0.29, 0.717) is 22.6 Å². The zero-order chi connectivity index (χ0) is 14.7. The van der Waals surface area contributed by atoms with Gasteiger partial charge >= 0.3 is 0 Å². The number of ether oxygens (including phenoxy) is 2. The highest BCUT2D eigenvalue weighted by Crippen LogP contribution is 2.31. The zero-order valence-electron chi connectivity index (χ0n) is 11.1. The summed E-state index contributed by atoms with van der Waals surface area (Å²) >= 11 is 4.97. The Bertz CT molecular complexity index is 658. The van der Waals surface area contributed by atoms with Crippen LogP contribution >= 0.6 is 12.2 Å². The standard InChI is InChI=1S/C15H14FNO2S/c1-9-4-3-5-12(14(9)16)19-13-8-10(18-2)6-7-11(13)15(17)20/h3-8H,1-2H3,(H2,17,20). The van der Waals surface area contributed by atoms with Crippen molar-refractivity contribution in [1.29, 1.82) is 0 Å². The van der Waals surface area contributed by atoms with Gasteiger partial charge < -0.3 is 15.2 Å². The highest BCUT2D eigenvalue weighted by molar-refractivity contribution is 7.80. The molecule has 2 rings (SSSR count). The Morgan fingerprint density at radius 3 is 2.60 bits per heavy atom. The molecular formula is C15H14FNO2S. The van der Waals surface area contributed by atoms with Crippen molar-refractivity contribution < 1.29 is 13.9 Å². The summed E-state index contributed by atoms with van der Waals surface area (Å²) in [5, 5.41) is 0. The maximum Gasteiger partial charge on any atom is 0.168 e. The fraction of sp³-hybridized carbons (Fsp3) is 0.133. The first-order valence-electron chi connectivity index (χ1n) is 5.93. The van der Waals surface area contributed by atoms with Gasteiger partial charge in [0.05, 0.1) is 12.7 Å². The monoisotopic (exact) mass is 291 g/mol. The van der Waals surface area contributed by atoms with E-state index in [1.54, 1.807) is 43.3 Å². The van der Waals surface area contributed by atoms with E-state index in [4.69, 9.17) is 27.4 Å². The average molecular weight is 291 g/mol. The summed E-state index contributed by atoms with van der Waals surface area (Å²) in [6.07, 6.45) is 0. The van der Waals surface area contributed by atoms with Crippen molar-refractivity contribution in [3.63, 3.8) is 0 Å². The van der Waals surface area contributed by atoms with Gasteiger partial charge in [-0.05, 0) is 30.7 Å². The van der Waals surface area contributed by atoms with Crippen LogP contribution in [-0.2, 0) is 0 Å². The van der Waals surface area contributed by atoms with Crippen LogP contribution in [0, 0.1) is 12.7 Å². The summed E-state index contributed by atoms with van der Waals surface area (Å²) in [7, 11) is 1.53. The first kappa shape index (κ1) is 14.3. The fourth-order valence-corrected chi connectivity index (χ4v) is 1.90. The molecule has 0 aliphatic heterocycles. The van der Waals surface area contributed by atoms with Gasteiger partial charge in [0.25, 0.3) is 0 Å². The number of nitrogens with two attached hydrogens (primary N) is 1. The number of hydrogen-bond acceptors (Lipinski definition) is 3. The van der Waals surface area contributed by atoms with Crippen LogP contribution in [0.15, 0.2) is 36.4 Å². The summed E-state index contributed by atoms with van der Waals surface area (Å²) < 4.78 is 24.7. The molecule has 0 saturated heterocycles. The lowest BCUT2D eigenvalue weighted by Gasteiger charge is -2.13.